The average molecular weight is 611 g/mol. The van der Waals surface area contributed by atoms with Crippen molar-refractivity contribution in [1.29, 1.82) is 0 Å². The van der Waals surface area contributed by atoms with Gasteiger partial charge in [0.05, 0.1) is 12.8 Å². The summed E-state index contributed by atoms with van der Waals surface area (Å²) in [5.41, 5.74) is 2.06. The maximum atomic E-state index is 13.1. The number of amides is 5. The van der Waals surface area contributed by atoms with Crippen molar-refractivity contribution >= 4 is 63.8 Å². The summed E-state index contributed by atoms with van der Waals surface area (Å²) >= 11 is 2.12. The third-order valence-electron chi connectivity index (χ3n) is 5.37. The molecular weight excluding hydrogens is 589 g/mol. The van der Waals surface area contributed by atoms with Gasteiger partial charge in [-0.15, -0.1) is 0 Å². The van der Waals surface area contributed by atoms with E-state index in [1.807, 2.05) is 0 Å². The Balaban J connectivity index is 1.57. The third-order valence-corrected chi connectivity index (χ3v) is 6.09. The molecule has 0 aromatic heterocycles. The second kappa shape index (κ2) is 11.2. The van der Waals surface area contributed by atoms with Crippen LogP contribution in [0.3, 0.4) is 0 Å². The summed E-state index contributed by atoms with van der Waals surface area (Å²) in [5, 5.41) is 4.91. The van der Waals surface area contributed by atoms with Crippen LogP contribution < -0.4 is 25.0 Å². The van der Waals surface area contributed by atoms with E-state index in [-0.39, 0.29) is 18.1 Å². The molecule has 1 aliphatic heterocycles. The first-order valence-electron chi connectivity index (χ1n) is 11.1. The SMILES string of the molecule is COc1ccc(/C=C2/C(=O)NC(=O)N(c3ccc(I)cc3)C2=O)cc1COc1ccc(NC(C)=O)cc1. The van der Waals surface area contributed by atoms with Gasteiger partial charge < -0.3 is 14.8 Å². The zero-order valence-corrected chi connectivity index (χ0v) is 22.1. The smallest absolute Gasteiger partial charge is 0.335 e. The molecule has 3 aromatic carbocycles. The van der Waals surface area contributed by atoms with Gasteiger partial charge in [-0.25, -0.2) is 9.69 Å². The minimum absolute atomic E-state index is 0.146. The van der Waals surface area contributed by atoms with E-state index in [0.29, 0.717) is 34.0 Å². The Hall–Kier alpha value is -4.19. The number of hydrogen-bond donors (Lipinski definition) is 2. The van der Waals surface area contributed by atoms with Gasteiger partial charge in [0.15, 0.2) is 0 Å². The molecular formula is C27H22IN3O6. The maximum absolute atomic E-state index is 13.1. The third kappa shape index (κ3) is 6.15. The van der Waals surface area contributed by atoms with Crippen LogP contribution in [0.1, 0.15) is 18.1 Å². The van der Waals surface area contributed by atoms with Crippen LogP contribution in [0.5, 0.6) is 11.5 Å². The molecule has 0 saturated carbocycles. The normalized spacial score (nSPS) is 14.4. The highest BCUT2D eigenvalue weighted by Gasteiger charge is 2.36. The van der Waals surface area contributed by atoms with E-state index < -0.39 is 17.8 Å². The van der Waals surface area contributed by atoms with E-state index in [4.69, 9.17) is 9.47 Å². The Kier molecular flexibility index (Phi) is 7.87. The van der Waals surface area contributed by atoms with Gasteiger partial charge in [0, 0.05) is 21.7 Å². The fraction of sp³-hybridized carbons (Fsp3) is 0.111. The zero-order valence-electron chi connectivity index (χ0n) is 19.9. The number of hydrogen-bond acceptors (Lipinski definition) is 6. The molecule has 1 heterocycles. The summed E-state index contributed by atoms with van der Waals surface area (Å²) in [5.74, 6) is -0.520. The molecule has 0 bridgehead atoms. The quantitative estimate of drug-likeness (QED) is 0.231. The number of benzene rings is 3. The average Bonchev–Trinajstić information content (AvgIpc) is 2.87. The second-order valence-corrected chi connectivity index (χ2v) is 9.25. The molecule has 1 aliphatic rings. The van der Waals surface area contributed by atoms with Gasteiger partial charge in [-0.05, 0) is 94.9 Å². The van der Waals surface area contributed by atoms with Crippen molar-refractivity contribution in [3.05, 3.63) is 87.0 Å². The maximum Gasteiger partial charge on any atom is 0.335 e. The Morgan fingerprint density at radius 1 is 1.03 bits per heavy atom. The summed E-state index contributed by atoms with van der Waals surface area (Å²) in [6, 6.07) is 18.0. The Morgan fingerprint density at radius 3 is 2.38 bits per heavy atom. The van der Waals surface area contributed by atoms with Gasteiger partial charge in [-0.1, -0.05) is 6.07 Å². The standard InChI is InChI=1S/C27H22IN3O6/c1-16(32)29-20-6-10-22(11-7-20)37-15-18-13-17(3-12-24(18)36-2)14-23-25(33)30-27(35)31(26(23)34)21-8-4-19(28)5-9-21/h3-14H,15H2,1-2H3,(H,29,32)(H,30,33,35)/b23-14-. The Morgan fingerprint density at radius 2 is 1.73 bits per heavy atom. The molecule has 2 N–H and O–H groups in total. The van der Waals surface area contributed by atoms with Crippen LogP contribution in [0, 0.1) is 3.57 Å². The molecule has 0 atom stereocenters. The lowest BCUT2D eigenvalue weighted by Gasteiger charge is -2.26. The molecule has 0 radical (unpaired) electrons. The summed E-state index contributed by atoms with van der Waals surface area (Å²) < 4.78 is 12.2. The van der Waals surface area contributed by atoms with Gasteiger partial charge in [0.2, 0.25) is 5.91 Å². The number of nitrogens with zero attached hydrogens (tertiary/aromatic N) is 1. The molecule has 3 aromatic rings. The van der Waals surface area contributed by atoms with Crippen molar-refractivity contribution in [2.75, 3.05) is 17.3 Å². The van der Waals surface area contributed by atoms with Crippen molar-refractivity contribution in [3.63, 3.8) is 0 Å². The topological polar surface area (TPSA) is 114 Å². The van der Waals surface area contributed by atoms with Crippen LogP contribution in [-0.4, -0.2) is 30.9 Å². The van der Waals surface area contributed by atoms with Crippen LogP contribution in [0.15, 0.2) is 72.3 Å². The molecule has 1 fully saturated rings. The minimum Gasteiger partial charge on any atom is -0.496 e. The molecule has 4 rings (SSSR count). The van der Waals surface area contributed by atoms with Crippen LogP contribution >= 0.6 is 22.6 Å². The fourth-order valence-corrected chi connectivity index (χ4v) is 4.01. The lowest BCUT2D eigenvalue weighted by molar-refractivity contribution is -0.122. The number of anilines is 2. The van der Waals surface area contributed by atoms with Crippen molar-refractivity contribution in [2.45, 2.75) is 13.5 Å². The van der Waals surface area contributed by atoms with Crippen LogP contribution in [0.2, 0.25) is 0 Å². The van der Waals surface area contributed by atoms with E-state index >= 15 is 0 Å². The Bertz CT molecular complexity index is 1400. The summed E-state index contributed by atoms with van der Waals surface area (Å²) in [6.07, 6.45) is 1.43. The molecule has 10 heteroatoms. The van der Waals surface area contributed by atoms with Crippen molar-refractivity contribution in [3.8, 4) is 11.5 Å². The number of methoxy groups -OCH3 is 1. The number of urea groups is 1. The largest absolute Gasteiger partial charge is 0.496 e. The predicted octanol–water partition coefficient (Wildman–Crippen LogP) is 4.50. The number of halogens is 1. The van der Waals surface area contributed by atoms with Gasteiger partial charge in [0.25, 0.3) is 11.8 Å². The van der Waals surface area contributed by atoms with E-state index in [1.165, 1.54) is 20.1 Å². The van der Waals surface area contributed by atoms with E-state index in [9.17, 15) is 19.2 Å². The first-order valence-corrected chi connectivity index (χ1v) is 12.2. The van der Waals surface area contributed by atoms with Gasteiger partial charge >= 0.3 is 6.03 Å². The summed E-state index contributed by atoms with van der Waals surface area (Å²) in [7, 11) is 1.53. The van der Waals surface area contributed by atoms with Crippen molar-refractivity contribution in [2.24, 2.45) is 0 Å². The highest BCUT2D eigenvalue weighted by atomic mass is 127. The molecule has 0 spiro atoms. The molecule has 188 valence electrons. The van der Waals surface area contributed by atoms with E-state index in [0.717, 1.165) is 8.47 Å². The van der Waals surface area contributed by atoms with Crippen LogP contribution in [0.4, 0.5) is 16.2 Å². The number of carbonyl (C=O) groups excluding carboxylic acids is 4. The molecule has 1 saturated heterocycles. The lowest BCUT2D eigenvalue weighted by atomic mass is 10.0. The first-order chi connectivity index (χ1) is 17.7. The van der Waals surface area contributed by atoms with Crippen LogP contribution in [0.25, 0.3) is 6.08 Å². The molecule has 9 nitrogen and oxygen atoms in total. The molecule has 37 heavy (non-hydrogen) atoms. The lowest BCUT2D eigenvalue weighted by Crippen LogP contribution is -2.54. The second-order valence-electron chi connectivity index (χ2n) is 8.00. The number of nitrogens with one attached hydrogen (secondary N) is 2. The summed E-state index contributed by atoms with van der Waals surface area (Å²) in [6.45, 7) is 1.58. The van der Waals surface area contributed by atoms with Crippen molar-refractivity contribution < 1.29 is 28.7 Å². The summed E-state index contributed by atoms with van der Waals surface area (Å²) in [4.78, 5) is 50.2. The number of imide groups is 2. The van der Waals surface area contributed by atoms with Gasteiger partial charge in [-0.3, -0.25) is 19.7 Å². The monoisotopic (exact) mass is 611 g/mol. The van der Waals surface area contributed by atoms with E-state index in [2.05, 4.69) is 33.2 Å². The van der Waals surface area contributed by atoms with E-state index in [1.54, 1.807) is 66.7 Å². The highest BCUT2D eigenvalue weighted by Crippen LogP contribution is 2.26. The molecule has 0 unspecified atom stereocenters. The zero-order chi connectivity index (χ0) is 26.5. The van der Waals surface area contributed by atoms with Crippen molar-refractivity contribution in [1.82, 2.24) is 5.32 Å². The predicted molar refractivity (Wildman–Crippen MR) is 146 cm³/mol. The Labute approximate surface area is 226 Å². The molecule has 5 amide bonds. The first kappa shape index (κ1) is 25.9. The highest BCUT2D eigenvalue weighted by molar-refractivity contribution is 14.1. The van der Waals surface area contributed by atoms with Crippen LogP contribution in [-0.2, 0) is 21.0 Å². The molecule has 0 aliphatic carbocycles. The van der Waals surface area contributed by atoms with Gasteiger partial charge in [-0.2, -0.15) is 0 Å². The number of rotatable bonds is 7. The number of carbonyl (C=O) groups is 4. The van der Waals surface area contributed by atoms with Gasteiger partial charge in [0.1, 0.15) is 23.7 Å². The minimum atomic E-state index is -0.804. The number of ether oxygens (including phenoxy) is 2. The fourth-order valence-electron chi connectivity index (χ4n) is 3.65. The number of barbiturate groups is 1.